The molecule has 0 aromatic rings. The van der Waals surface area contributed by atoms with Gasteiger partial charge in [-0.2, -0.15) is 0 Å². The second kappa shape index (κ2) is 7.32. The van der Waals surface area contributed by atoms with Crippen molar-refractivity contribution in [3.05, 3.63) is 11.6 Å². The molecule has 0 aromatic carbocycles. The first-order chi connectivity index (χ1) is 5.66. The minimum absolute atomic E-state index is 0.402. The fraction of sp³-hybridized carbons (Fsp3) is 0.800. The monoisotopic (exact) mass is 172 g/mol. The average molecular weight is 172 g/mol. The zero-order valence-electron chi connectivity index (χ0n) is 8.59. The van der Waals surface area contributed by atoms with E-state index in [0.717, 1.165) is 13.0 Å². The van der Waals surface area contributed by atoms with Gasteiger partial charge in [0.25, 0.3) is 0 Å². The molecule has 0 aliphatic heterocycles. The summed E-state index contributed by atoms with van der Waals surface area (Å²) in [5.41, 5.74) is 1.37. The maximum atomic E-state index is 5.23. The second-order valence-electron chi connectivity index (χ2n) is 3.40. The number of hydrogen-bond acceptors (Lipinski definition) is 2. The van der Waals surface area contributed by atoms with Gasteiger partial charge in [0.2, 0.25) is 0 Å². The summed E-state index contributed by atoms with van der Waals surface area (Å²) in [6, 6.07) is 0. The van der Waals surface area contributed by atoms with Gasteiger partial charge in [-0.15, -0.1) is 0 Å². The van der Waals surface area contributed by atoms with Crippen LogP contribution in [-0.2, 0) is 9.47 Å². The third-order valence-electron chi connectivity index (χ3n) is 1.53. The maximum absolute atomic E-state index is 5.23. The maximum Gasteiger partial charge on any atom is 0.146 e. The Morgan fingerprint density at radius 1 is 1.42 bits per heavy atom. The van der Waals surface area contributed by atoms with Gasteiger partial charge in [-0.25, -0.2) is 0 Å². The normalized spacial score (nSPS) is 12.7. The second-order valence-corrected chi connectivity index (χ2v) is 3.40. The highest BCUT2D eigenvalue weighted by atomic mass is 16.7. The SMILES string of the molecule is COCOC[C@@H](C)CC=C(C)C. The molecule has 0 rings (SSSR count). The first-order valence-corrected chi connectivity index (χ1v) is 4.37. The number of hydrogen-bond donors (Lipinski definition) is 0. The van der Waals surface area contributed by atoms with E-state index in [1.807, 2.05) is 0 Å². The Morgan fingerprint density at radius 2 is 2.08 bits per heavy atom. The molecule has 0 unspecified atom stereocenters. The van der Waals surface area contributed by atoms with Crippen LogP contribution in [0.2, 0.25) is 0 Å². The molecule has 1 atom stereocenters. The number of rotatable bonds is 6. The van der Waals surface area contributed by atoms with Gasteiger partial charge in [-0.1, -0.05) is 18.6 Å². The van der Waals surface area contributed by atoms with Crippen LogP contribution in [0.1, 0.15) is 27.2 Å². The van der Waals surface area contributed by atoms with Crippen molar-refractivity contribution in [1.29, 1.82) is 0 Å². The Morgan fingerprint density at radius 3 is 2.58 bits per heavy atom. The molecule has 0 saturated heterocycles. The standard InChI is InChI=1S/C10H20O2/c1-9(2)5-6-10(3)7-12-8-11-4/h5,10H,6-8H2,1-4H3/t10-/m0/s1. The Balaban J connectivity index is 3.33. The van der Waals surface area contributed by atoms with Gasteiger partial charge in [0, 0.05) is 7.11 Å². The lowest BCUT2D eigenvalue weighted by atomic mass is 10.1. The van der Waals surface area contributed by atoms with Crippen molar-refractivity contribution < 1.29 is 9.47 Å². The molecule has 0 aromatic heterocycles. The van der Waals surface area contributed by atoms with Gasteiger partial charge in [0.15, 0.2) is 0 Å². The van der Waals surface area contributed by atoms with Crippen LogP contribution in [0, 0.1) is 5.92 Å². The molecule has 72 valence electrons. The predicted molar refractivity (Wildman–Crippen MR) is 51.0 cm³/mol. The first kappa shape index (κ1) is 11.7. The third-order valence-corrected chi connectivity index (χ3v) is 1.53. The van der Waals surface area contributed by atoms with Crippen LogP contribution >= 0.6 is 0 Å². The van der Waals surface area contributed by atoms with Gasteiger partial charge in [-0.05, 0) is 26.2 Å². The molecular formula is C10H20O2. The summed E-state index contributed by atoms with van der Waals surface area (Å²) in [5, 5.41) is 0. The van der Waals surface area contributed by atoms with E-state index >= 15 is 0 Å². The smallest absolute Gasteiger partial charge is 0.146 e. The van der Waals surface area contributed by atoms with E-state index in [0.29, 0.717) is 12.7 Å². The lowest BCUT2D eigenvalue weighted by Crippen LogP contribution is -2.06. The predicted octanol–water partition coefficient (Wildman–Crippen LogP) is 2.60. The first-order valence-electron chi connectivity index (χ1n) is 4.37. The summed E-state index contributed by atoms with van der Waals surface area (Å²) >= 11 is 0. The van der Waals surface area contributed by atoms with Crippen LogP contribution in [0.15, 0.2) is 11.6 Å². The summed E-state index contributed by atoms with van der Waals surface area (Å²) < 4.78 is 10.0. The fourth-order valence-electron chi connectivity index (χ4n) is 0.838. The van der Waals surface area contributed by atoms with Crippen LogP contribution in [-0.4, -0.2) is 20.5 Å². The summed E-state index contributed by atoms with van der Waals surface area (Å²) in [4.78, 5) is 0. The van der Waals surface area contributed by atoms with Gasteiger partial charge in [0.1, 0.15) is 6.79 Å². The summed E-state index contributed by atoms with van der Waals surface area (Å²) in [5.74, 6) is 0.579. The van der Waals surface area contributed by atoms with Gasteiger partial charge >= 0.3 is 0 Å². The lowest BCUT2D eigenvalue weighted by Gasteiger charge is -2.08. The van der Waals surface area contributed by atoms with E-state index in [1.54, 1.807) is 7.11 Å². The Kier molecular flexibility index (Phi) is 7.11. The molecule has 2 nitrogen and oxygen atoms in total. The van der Waals surface area contributed by atoms with E-state index in [-0.39, 0.29) is 0 Å². The Hall–Kier alpha value is -0.340. The third kappa shape index (κ3) is 7.76. The van der Waals surface area contributed by atoms with Crippen molar-refractivity contribution in [2.75, 3.05) is 20.5 Å². The molecule has 0 bridgehead atoms. The van der Waals surface area contributed by atoms with Gasteiger partial charge in [-0.3, -0.25) is 0 Å². The van der Waals surface area contributed by atoms with Crippen LogP contribution in [0.4, 0.5) is 0 Å². The summed E-state index contributed by atoms with van der Waals surface area (Å²) in [6.07, 6.45) is 3.33. The van der Waals surface area contributed by atoms with E-state index in [2.05, 4.69) is 26.8 Å². The van der Waals surface area contributed by atoms with E-state index in [4.69, 9.17) is 9.47 Å². The largest absolute Gasteiger partial charge is 0.359 e. The zero-order valence-corrected chi connectivity index (χ0v) is 8.59. The summed E-state index contributed by atoms with van der Waals surface area (Å²) in [7, 11) is 1.64. The van der Waals surface area contributed by atoms with Gasteiger partial charge < -0.3 is 9.47 Å². The van der Waals surface area contributed by atoms with Crippen LogP contribution in [0.25, 0.3) is 0 Å². The number of ether oxygens (including phenoxy) is 2. The number of methoxy groups -OCH3 is 1. The molecular weight excluding hydrogens is 152 g/mol. The average Bonchev–Trinajstić information content (AvgIpc) is 2.01. The van der Waals surface area contributed by atoms with Crippen molar-refractivity contribution in [2.24, 2.45) is 5.92 Å². The fourth-order valence-corrected chi connectivity index (χ4v) is 0.838. The number of allylic oxidation sites excluding steroid dienone is 2. The molecule has 0 fully saturated rings. The lowest BCUT2D eigenvalue weighted by molar-refractivity contribution is -0.0411. The molecule has 0 N–H and O–H groups in total. The highest BCUT2D eigenvalue weighted by molar-refractivity contribution is 4.93. The zero-order chi connectivity index (χ0) is 9.40. The van der Waals surface area contributed by atoms with Crippen LogP contribution < -0.4 is 0 Å². The molecule has 0 aliphatic rings. The molecule has 12 heavy (non-hydrogen) atoms. The quantitative estimate of drug-likeness (QED) is 0.348. The topological polar surface area (TPSA) is 18.5 Å². The van der Waals surface area contributed by atoms with Crippen molar-refractivity contribution in [1.82, 2.24) is 0 Å². The molecule has 0 spiro atoms. The van der Waals surface area contributed by atoms with Crippen LogP contribution in [0.5, 0.6) is 0 Å². The van der Waals surface area contributed by atoms with Crippen molar-refractivity contribution in [3.8, 4) is 0 Å². The highest BCUT2D eigenvalue weighted by Gasteiger charge is 1.98. The molecule has 0 saturated carbocycles. The molecule has 0 radical (unpaired) electrons. The van der Waals surface area contributed by atoms with Crippen molar-refractivity contribution >= 4 is 0 Å². The molecule has 0 amide bonds. The van der Waals surface area contributed by atoms with Gasteiger partial charge in [0.05, 0.1) is 6.61 Å². The molecule has 2 heteroatoms. The minimum Gasteiger partial charge on any atom is -0.359 e. The van der Waals surface area contributed by atoms with Crippen molar-refractivity contribution in [3.63, 3.8) is 0 Å². The van der Waals surface area contributed by atoms with Crippen molar-refractivity contribution in [2.45, 2.75) is 27.2 Å². The summed E-state index contributed by atoms with van der Waals surface area (Å²) in [6.45, 7) is 7.58. The Labute approximate surface area is 75.6 Å². The van der Waals surface area contributed by atoms with Crippen LogP contribution in [0.3, 0.4) is 0 Å². The van der Waals surface area contributed by atoms with E-state index < -0.39 is 0 Å². The Bertz CT molecular complexity index is 126. The molecule has 0 aliphatic carbocycles. The van der Waals surface area contributed by atoms with E-state index in [9.17, 15) is 0 Å². The minimum atomic E-state index is 0.402. The van der Waals surface area contributed by atoms with E-state index in [1.165, 1.54) is 5.57 Å². The highest BCUT2D eigenvalue weighted by Crippen LogP contribution is 2.05. The molecule has 0 heterocycles.